The van der Waals surface area contributed by atoms with E-state index in [2.05, 4.69) is 17.1 Å². The van der Waals surface area contributed by atoms with Crippen LogP contribution in [0.25, 0.3) is 11.3 Å². The van der Waals surface area contributed by atoms with Crippen molar-refractivity contribution in [3.63, 3.8) is 0 Å². The maximum atomic E-state index is 11.6. The Balaban J connectivity index is 2.15. The maximum Gasteiger partial charge on any atom is 0.290 e. The highest BCUT2D eigenvalue weighted by atomic mass is 16.5. The maximum absolute atomic E-state index is 11.6. The van der Waals surface area contributed by atoms with Gasteiger partial charge in [-0.05, 0) is 24.3 Å². The van der Waals surface area contributed by atoms with Gasteiger partial charge in [-0.15, -0.1) is 6.58 Å². The van der Waals surface area contributed by atoms with Crippen LogP contribution in [-0.2, 0) is 0 Å². The summed E-state index contributed by atoms with van der Waals surface area (Å²) in [5.41, 5.74) is 1.46. The van der Waals surface area contributed by atoms with Crippen LogP contribution in [0.1, 0.15) is 10.6 Å². The zero-order chi connectivity index (χ0) is 13.7. The standard InChI is InChI=1S/C14H14N2O3/c1-3-8-15-14(17)13-9-12(16-19-13)10-4-6-11(18-2)7-5-10/h3-7,9H,1,8H2,2H3,(H,15,17). The first-order chi connectivity index (χ1) is 9.24. The Kier molecular flexibility index (Phi) is 3.97. The van der Waals surface area contributed by atoms with Gasteiger partial charge in [-0.2, -0.15) is 0 Å². The molecular formula is C14H14N2O3. The molecule has 0 bridgehead atoms. The van der Waals surface area contributed by atoms with Crippen LogP contribution in [0.2, 0.25) is 0 Å². The second kappa shape index (κ2) is 5.86. The molecule has 1 aromatic carbocycles. The van der Waals surface area contributed by atoms with Crippen molar-refractivity contribution in [1.29, 1.82) is 0 Å². The van der Waals surface area contributed by atoms with Crippen molar-refractivity contribution in [1.82, 2.24) is 10.5 Å². The first-order valence-corrected chi connectivity index (χ1v) is 5.75. The molecule has 2 rings (SSSR count). The van der Waals surface area contributed by atoms with E-state index in [1.165, 1.54) is 0 Å². The molecule has 0 unspecified atom stereocenters. The van der Waals surface area contributed by atoms with Crippen LogP contribution >= 0.6 is 0 Å². The van der Waals surface area contributed by atoms with Crippen molar-refractivity contribution in [2.45, 2.75) is 0 Å². The number of benzene rings is 1. The number of amides is 1. The Hall–Kier alpha value is -2.56. The predicted octanol–water partition coefficient (Wildman–Crippen LogP) is 2.27. The highest BCUT2D eigenvalue weighted by Crippen LogP contribution is 2.21. The average molecular weight is 258 g/mol. The van der Waals surface area contributed by atoms with Gasteiger partial charge in [-0.3, -0.25) is 4.79 Å². The van der Waals surface area contributed by atoms with Crippen LogP contribution in [0, 0.1) is 0 Å². The molecule has 0 saturated heterocycles. The van der Waals surface area contributed by atoms with Gasteiger partial charge in [-0.25, -0.2) is 0 Å². The number of aromatic nitrogens is 1. The average Bonchev–Trinajstić information content (AvgIpc) is 2.94. The molecular weight excluding hydrogens is 244 g/mol. The Bertz CT molecular complexity index is 573. The van der Waals surface area contributed by atoms with Gasteiger partial charge in [-0.1, -0.05) is 11.2 Å². The molecule has 1 heterocycles. The molecule has 1 amide bonds. The third kappa shape index (κ3) is 3.01. The van der Waals surface area contributed by atoms with E-state index in [-0.39, 0.29) is 11.7 Å². The van der Waals surface area contributed by atoms with Gasteiger partial charge < -0.3 is 14.6 Å². The molecule has 0 radical (unpaired) electrons. The molecule has 98 valence electrons. The van der Waals surface area contributed by atoms with E-state index in [9.17, 15) is 4.79 Å². The SMILES string of the molecule is C=CCNC(=O)c1cc(-c2ccc(OC)cc2)no1. The number of nitrogens with zero attached hydrogens (tertiary/aromatic N) is 1. The van der Waals surface area contributed by atoms with Crippen LogP contribution in [0.5, 0.6) is 5.75 Å². The number of nitrogens with one attached hydrogen (secondary N) is 1. The number of hydrogen-bond acceptors (Lipinski definition) is 4. The Morgan fingerprint density at radius 2 is 2.21 bits per heavy atom. The fraction of sp³-hybridized carbons (Fsp3) is 0.143. The van der Waals surface area contributed by atoms with Gasteiger partial charge in [0.15, 0.2) is 0 Å². The molecule has 5 nitrogen and oxygen atoms in total. The summed E-state index contributed by atoms with van der Waals surface area (Å²) in [5.74, 6) is 0.621. The van der Waals surface area contributed by atoms with E-state index in [4.69, 9.17) is 9.26 Å². The first-order valence-electron chi connectivity index (χ1n) is 5.75. The minimum Gasteiger partial charge on any atom is -0.497 e. The summed E-state index contributed by atoms with van der Waals surface area (Å²) in [5, 5.41) is 6.49. The van der Waals surface area contributed by atoms with Gasteiger partial charge >= 0.3 is 0 Å². The largest absolute Gasteiger partial charge is 0.497 e. The molecule has 0 aliphatic carbocycles. The fourth-order valence-corrected chi connectivity index (χ4v) is 1.53. The fourth-order valence-electron chi connectivity index (χ4n) is 1.53. The summed E-state index contributed by atoms with van der Waals surface area (Å²) in [4.78, 5) is 11.6. The van der Waals surface area contributed by atoms with Crippen molar-refractivity contribution in [3.05, 3.63) is 48.7 Å². The third-order valence-electron chi connectivity index (χ3n) is 2.53. The van der Waals surface area contributed by atoms with Crippen LogP contribution in [-0.4, -0.2) is 24.7 Å². The second-order valence-corrected chi connectivity index (χ2v) is 3.80. The van der Waals surface area contributed by atoms with E-state index in [0.29, 0.717) is 12.2 Å². The summed E-state index contributed by atoms with van der Waals surface area (Å²) >= 11 is 0. The topological polar surface area (TPSA) is 64.4 Å². The smallest absolute Gasteiger partial charge is 0.290 e. The summed E-state index contributed by atoms with van der Waals surface area (Å²) in [6.07, 6.45) is 1.60. The number of carbonyl (C=O) groups excluding carboxylic acids is 1. The normalized spacial score (nSPS) is 9.95. The van der Waals surface area contributed by atoms with Crippen molar-refractivity contribution in [2.24, 2.45) is 0 Å². The van der Waals surface area contributed by atoms with E-state index in [1.54, 1.807) is 19.3 Å². The minimum absolute atomic E-state index is 0.174. The molecule has 2 aromatic rings. The number of carbonyl (C=O) groups is 1. The van der Waals surface area contributed by atoms with Crippen molar-refractivity contribution >= 4 is 5.91 Å². The Morgan fingerprint density at radius 1 is 1.47 bits per heavy atom. The van der Waals surface area contributed by atoms with Crippen molar-refractivity contribution in [3.8, 4) is 17.0 Å². The van der Waals surface area contributed by atoms with Gasteiger partial charge in [0.25, 0.3) is 5.91 Å². The van der Waals surface area contributed by atoms with E-state index in [1.807, 2.05) is 24.3 Å². The van der Waals surface area contributed by atoms with Gasteiger partial charge in [0, 0.05) is 18.2 Å². The lowest BCUT2D eigenvalue weighted by Crippen LogP contribution is -2.22. The van der Waals surface area contributed by atoms with Gasteiger partial charge in [0.1, 0.15) is 11.4 Å². The number of rotatable bonds is 5. The lowest BCUT2D eigenvalue weighted by atomic mass is 10.1. The minimum atomic E-state index is -0.313. The lowest BCUT2D eigenvalue weighted by Gasteiger charge is -1.99. The third-order valence-corrected chi connectivity index (χ3v) is 2.53. The number of ether oxygens (including phenoxy) is 1. The zero-order valence-corrected chi connectivity index (χ0v) is 10.6. The summed E-state index contributed by atoms with van der Waals surface area (Å²) in [7, 11) is 1.60. The van der Waals surface area contributed by atoms with E-state index in [0.717, 1.165) is 11.3 Å². The summed E-state index contributed by atoms with van der Waals surface area (Å²) in [6.45, 7) is 3.91. The Morgan fingerprint density at radius 3 is 2.84 bits per heavy atom. The van der Waals surface area contributed by atoms with Crippen molar-refractivity contribution in [2.75, 3.05) is 13.7 Å². The molecule has 5 heteroatoms. The zero-order valence-electron chi connectivity index (χ0n) is 10.6. The number of hydrogen-bond donors (Lipinski definition) is 1. The summed E-state index contributed by atoms with van der Waals surface area (Å²) in [6, 6.07) is 8.94. The molecule has 1 aromatic heterocycles. The molecule has 0 spiro atoms. The molecule has 1 N–H and O–H groups in total. The highest BCUT2D eigenvalue weighted by Gasteiger charge is 2.13. The van der Waals surface area contributed by atoms with Crippen LogP contribution in [0.3, 0.4) is 0 Å². The van der Waals surface area contributed by atoms with Crippen LogP contribution < -0.4 is 10.1 Å². The van der Waals surface area contributed by atoms with Crippen molar-refractivity contribution < 1.29 is 14.1 Å². The molecule has 0 aliphatic heterocycles. The van der Waals surface area contributed by atoms with Gasteiger partial charge in [0.2, 0.25) is 5.76 Å². The predicted molar refractivity (Wildman–Crippen MR) is 71.0 cm³/mol. The quantitative estimate of drug-likeness (QED) is 0.835. The second-order valence-electron chi connectivity index (χ2n) is 3.80. The molecule has 0 saturated carbocycles. The Labute approximate surface area is 110 Å². The molecule has 0 fully saturated rings. The molecule has 0 atom stereocenters. The lowest BCUT2D eigenvalue weighted by molar-refractivity contribution is 0.0921. The molecule has 0 aliphatic rings. The monoisotopic (exact) mass is 258 g/mol. The molecule has 19 heavy (non-hydrogen) atoms. The van der Waals surface area contributed by atoms with Crippen LogP contribution in [0.4, 0.5) is 0 Å². The van der Waals surface area contributed by atoms with Gasteiger partial charge in [0.05, 0.1) is 7.11 Å². The first kappa shape index (κ1) is 12.9. The highest BCUT2D eigenvalue weighted by molar-refractivity contribution is 5.92. The summed E-state index contributed by atoms with van der Waals surface area (Å²) < 4.78 is 10.1. The van der Waals surface area contributed by atoms with Crippen LogP contribution in [0.15, 0.2) is 47.5 Å². The van der Waals surface area contributed by atoms with E-state index < -0.39 is 0 Å². The van der Waals surface area contributed by atoms with E-state index >= 15 is 0 Å². The number of methoxy groups -OCH3 is 1.